The molecule has 0 aliphatic rings. The van der Waals surface area contributed by atoms with Crippen molar-refractivity contribution in [2.24, 2.45) is 5.73 Å². The summed E-state index contributed by atoms with van der Waals surface area (Å²) in [7, 11) is 0. The quantitative estimate of drug-likeness (QED) is 0.334. The monoisotopic (exact) mass is 559 g/mol. The zero-order valence-electron chi connectivity index (χ0n) is 18.3. The third-order valence-corrected chi connectivity index (χ3v) is 5.61. The average Bonchev–Trinajstić information content (AvgIpc) is 3.36. The molecule has 4 rings (SSSR count). The molecule has 1 unspecified atom stereocenters. The van der Waals surface area contributed by atoms with Crippen LogP contribution >= 0.6 is 23.2 Å². The molecule has 1 amide bonds. The lowest BCUT2D eigenvalue weighted by atomic mass is 10.2. The van der Waals surface area contributed by atoms with Gasteiger partial charge in [0.2, 0.25) is 5.82 Å². The molecule has 0 aliphatic carbocycles. The summed E-state index contributed by atoms with van der Waals surface area (Å²) in [5, 5.41) is 18.0. The first-order chi connectivity index (χ1) is 17.3. The Labute approximate surface area is 214 Å². The van der Waals surface area contributed by atoms with Gasteiger partial charge in [0.15, 0.2) is 17.8 Å². The first kappa shape index (κ1) is 26.3. The zero-order chi connectivity index (χ0) is 27.1. The van der Waals surface area contributed by atoms with E-state index >= 15 is 0 Å². The second-order valence-electron chi connectivity index (χ2n) is 7.66. The summed E-state index contributed by atoms with van der Waals surface area (Å²) in [6.45, 7) is -1.64. The van der Waals surface area contributed by atoms with E-state index in [2.05, 4.69) is 15.2 Å². The zero-order valence-corrected chi connectivity index (χ0v) is 19.8. The van der Waals surface area contributed by atoms with Gasteiger partial charge in [-0.3, -0.25) is 9.36 Å². The summed E-state index contributed by atoms with van der Waals surface area (Å²) in [5.74, 6) is -2.45. The van der Waals surface area contributed by atoms with Gasteiger partial charge in [0.05, 0.1) is 17.3 Å². The van der Waals surface area contributed by atoms with Crippen molar-refractivity contribution in [1.29, 1.82) is 0 Å². The molecule has 4 aromatic rings. The van der Waals surface area contributed by atoms with Crippen LogP contribution in [0.3, 0.4) is 0 Å². The number of hydrogen-bond donors (Lipinski definition) is 2. The van der Waals surface area contributed by atoms with Crippen LogP contribution in [-0.2, 0) is 13.1 Å². The van der Waals surface area contributed by atoms with E-state index < -0.39 is 48.6 Å². The minimum atomic E-state index is -5.00. The van der Waals surface area contributed by atoms with Crippen LogP contribution in [0.15, 0.2) is 47.3 Å². The minimum Gasteiger partial charge on any atom is -0.382 e. The molecule has 16 heteroatoms. The number of benzene rings is 2. The Bertz CT molecular complexity index is 1530. The number of rotatable bonds is 7. The molecule has 0 spiro atoms. The maximum Gasteiger partial charge on any atom is 0.416 e. The number of alkyl halides is 3. The Kier molecular flexibility index (Phi) is 7.08. The molecule has 10 nitrogen and oxygen atoms in total. The van der Waals surface area contributed by atoms with E-state index in [0.717, 1.165) is 21.5 Å². The first-order valence-electron chi connectivity index (χ1n) is 10.2. The molecule has 2 heterocycles. The number of hydrogen-bond acceptors (Lipinski definition) is 6. The fraction of sp³-hybridized carbons (Fsp3) is 0.190. The highest BCUT2D eigenvalue weighted by atomic mass is 35.5. The number of aliphatic hydroxyl groups is 1. The Morgan fingerprint density at radius 3 is 2.38 bits per heavy atom. The molecule has 0 bridgehead atoms. The van der Waals surface area contributed by atoms with E-state index in [9.17, 15) is 32.3 Å². The molecule has 0 fully saturated rings. The number of amides is 1. The lowest BCUT2D eigenvalue weighted by Crippen LogP contribution is -2.37. The summed E-state index contributed by atoms with van der Waals surface area (Å²) >= 11 is 11.9. The third-order valence-electron chi connectivity index (χ3n) is 5.06. The number of carbonyl (C=O) groups is 1. The Morgan fingerprint density at radius 1 is 1.11 bits per heavy atom. The van der Waals surface area contributed by atoms with Crippen LogP contribution in [0, 0.1) is 5.82 Å². The van der Waals surface area contributed by atoms with Crippen molar-refractivity contribution >= 4 is 29.1 Å². The molecule has 3 N–H and O–H groups in total. The number of carbonyl (C=O) groups excluding carboxylic acids is 1. The van der Waals surface area contributed by atoms with Crippen molar-refractivity contribution < 1.29 is 27.5 Å². The fourth-order valence-electron chi connectivity index (χ4n) is 3.33. The van der Waals surface area contributed by atoms with Gasteiger partial charge in [-0.1, -0.05) is 23.2 Å². The van der Waals surface area contributed by atoms with Crippen LogP contribution in [0.25, 0.3) is 17.1 Å². The predicted octanol–water partition coefficient (Wildman–Crippen LogP) is 2.81. The van der Waals surface area contributed by atoms with Gasteiger partial charge in [-0.05, 0) is 42.5 Å². The molecule has 194 valence electrons. The van der Waals surface area contributed by atoms with Crippen molar-refractivity contribution in [2.75, 3.05) is 0 Å². The van der Waals surface area contributed by atoms with Crippen molar-refractivity contribution in [1.82, 2.24) is 29.1 Å². The molecule has 0 aliphatic heterocycles. The van der Waals surface area contributed by atoms with Crippen LogP contribution in [0.4, 0.5) is 17.6 Å². The largest absolute Gasteiger partial charge is 0.416 e. The fourth-order valence-corrected chi connectivity index (χ4v) is 3.71. The highest BCUT2D eigenvalue weighted by Gasteiger charge is 2.39. The summed E-state index contributed by atoms with van der Waals surface area (Å²) in [6.07, 6.45) is -7.85. The topological polar surface area (TPSA) is 134 Å². The second-order valence-corrected chi connectivity index (χ2v) is 8.51. The molecule has 37 heavy (non-hydrogen) atoms. The van der Waals surface area contributed by atoms with E-state index in [0.29, 0.717) is 9.59 Å². The van der Waals surface area contributed by atoms with E-state index in [1.165, 1.54) is 30.3 Å². The van der Waals surface area contributed by atoms with Gasteiger partial charge in [-0.2, -0.15) is 13.2 Å². The SMILES string of the molecule is NC(=O)c1nc(Cn2nc(-c3ccc(Cl)cc3)n(CC(O)C(F)(F)F)c2=O)nn1-c1ccc(F)cc1Cl. The van der Waals surface area contributed by atoms with Gasteiger partial charge in [0.25, 0.3) is 5.91 Å². The molecule has 0 radical (unpaired) electrons. The Morgan fingerprint density at radius 2 is 1.78 bits per heavy atom. The van der Waals surface area contributed by atoms with Crippen LogP contribution in [-0.4, -0.2) is 52.4 Å². The highest BCUT2D eigenvalue weighted by Crippen LogP contribution is 2.25. The molecule has 1 atom stereocenters. The third kappa shape index (κ3) is 5.50. The lowest BCUT2D eigenvalue weighted by molar-refractivity contribution is -0.207. The Balaban J connectivity index is 1.78. The lowest BCUT2D eigenvalue weighted by Gasteiger charge is -2.15. The summed E-state index contributed by atoms with van der Waals surface area (Å²) in [6, 6.07) is 9.00. The molecule has 0 saturated carbocycles. The standard InChI is InChI=1S/C21H15Cl2F4N7O3/c22-11-3-1-10(2-4-11)18-31-33(20(37)32(18)8-15(35)21(25,26)27)9-16-29-19(17(28)36)34(30-16)14-6-5-12(24)7-13(14)23/h1-7,15,35H,8-9H2,(H2,28,36). The first-order valence-corrected chi connectivity index (χ1v) is 11.0. The van der Waals surface area contributed by atoms with Gasteiger partial charge in [-0.15, -0.1) is 10.2 Å². The summed E-state index contributed by atoms with van der Waals surface area (Å²) in [4.78, 5) is 28.9. The van der Waals surface area contributed by atoms with E-state index in [1.807, 2.05) is 0 Å². The van der Waals surface area contributed by atoms with Gasteiger partial charge < -0.3 is 10.8 Å². The normalized spacial score (nSPS) is 12.6. The van der Waals surface area contributed by atoms with Crippen molar-refractivity contribution in [3.63, 3.8) is 0 Å². The summed E-state index contributed by atoms with van der Waals surface area (Å²) < 4.78 is 54.9. The van der Waals surface area contributed by atoms with E-state index in [1.54, 1.807) is 0 Å². The molecular formula is C21H15Cl2F4N7O3. The van der Waals surface area contributed by atoms with Crippen LogP contribution < -0.4 is 11.4 Å². The molecule has 2 aromatic heterocycles. The minimum absolute atomic E-state index is 0.0589. The van der Waals surface area contributed by atoms with Crippen molar-refractivity contribution in [3.8, 4) is 17.1 Å². The number of nitrogens with zero attached hydrogens (tertiary/aromatic N) is 6. The van der Waals surface area contributed by atoms with Gasteiger partial charge in [0.1, 0.15) is 12.4 Å². The maximum absolute atomic E-state index is 13.5. The number of halogens is 6. The number of aromatic nitrogens is 6. The summed E-state index contributed by atoms with van der Waals surface area (Å²) in [5.41, 5.74) is 4.64. The van der Waals surface area contributed by atoms with Crippen molar-refractivity contribution in [3.05, 3.63) is 80.5 Å². The maximum atomic E-state index is 13.5. The Hall–Kier alpha value is -3.75. The molecular weight excluding hydrogens is 545 g/mol. The average molecular weight is 560 g/mol. The van der Waals surface area contributed by atoms with E-state index in [-0.39, 0.29) is 27.9 Å². The van der Waals surface area contributed by atoms with Crippen LogP contribution in [0.5, 0.6) is 0 Å². The van der Waals surface area contributed by atoms with E-state index in [4.69, 9.17) is 28.9 Å². The second kappa shape index (κ2) is 9.95. The van der Waals surface area contributed by atoms with Gasteiger partial charge in [-0.25, -0.2) is 23.5 Å². The van der Waals surface area contributed by atoms with Gasteiger partial charge >= 0.3 is 11.9 Å². The predicted molar refractivity (Wildman–Crippen MR) is 123 cm³/mol. The molecule has 0 saturated heterocycles. The van der Waals surface area contributed by atoms with Crippen molar-refractivity contribution in [2.45, 2.75) is 25.4 Å². The van der Waals surface area contributed by atoms with Gasteiger partial charge in [0, 0.05) is 10.6 Å². The number of aliphatic hydroxyl groups excluding tert-OH is 1. The molecule has 2 aromatic carbocycles. The van der Waals surface area contributed by atoms with Crippen LogP contribution in [0.1, 0.15) is 16.4 Å². The number of nitrogens with two attached hydrogens (primary N) is 1. The number of primary amides is 1. The van der Waals surface area contributed by atoms with Crippen LogP contribution in [0.2, 0.25) is 10.0 Å². The smallest absolute Gasteiger partial charge is 0.382 e. The highest BCUT2D eigenvalue weighted by molar-refractivity contribution is 6.32.